The van der Waals surface area contributed by atoms with Crippen LogP contribution in [-0.4, -0.2) is 12.6 Å². The van der Waals surface area contributed by atoms with Crippen LogP contribution in [0.4, 0.5) is 0 Å². The van der Waals surface area contributed by atoms with Gasteiger partial charge < -0.3 is 5.32 Å². The summed E-state index contributed by atoms with van der Waals surface area (Å²) in [6.45, 7) is 9.57. The van der Waals surface area contributed by atoms with Gasteiger partial charge in [-0.2, -0.15) is 5.26 Å². The van der Waals surface area contributed by atoms with E-state index < -0.39 is 0 Å². The Kier molecular flexibility index (Phi) is 7.42. The molecule has 2 nitrogen and oxygen atoms in total. The van der Waals surface area contributed by atoms with Crippen LogP contribution in [0.3, 0.4) is 0 Å². The zero-order chi connectivity index (χ0) is 11.7. The first kappa shape index (κ1) is 14.5. The van der Waals surface area contributed by atoms with Gasteiger partial charge in [0.15, 0.2) is 0 Å². The molecule has 1 unspecified atom stereocenters. The molecule has 15 heavy (non-hydrogen) atoms. The lowest BCUT2D eigenvalue weighted by Crippen LogP contribution is -2.26. The van der Waals surface area contributed by atoms with Gasteiger partial charge in [-0.3, -0.25) is 0 Å². The number of rotatable bonds is 8. The van der Waals surface area contributed by atoms with Crippen molar-refractivity contribution in [3.63, 3.8) is 0 Å². The maximum atomic E-state index is 8.84. The molecule has 0 aromatic heterocycles. The Morgan fingerprint density at radius 3 is 2.53 bits per heavy atom. The summed E-state index contributed by atoms with van der Waals surface area (Å²) in [7, 11) is 0. The fourth-order valence-electron chi connectivity index (χ4n) is 1.63. The molecule has 0 aliphatic heterocycles. The van der Waals surface area contributed by atoms with Crippen LogP contribution in [0.15, 0.2) is 0 Å². The van der Waals surface area contributed by atoms with Crippen LogP contribution in [0.5, 0.6) is 0 Å². The maximum Gasteiger partial charge on any atom is 0.0683 e. The average molecular weight is 210 g/mol. The normalized spacial score (nSPS) is 13.5. The van der Waals surface area contributed by atoms with E-state index in [9.17, 15) is 0 Å². The third-order valence-corrected chi connectivity index (χ3v) is 2.75. The first-order valence-electron chi connectivity index (χ1n) is 6.16. The van der Waals surface area contributed by atoms with Gasteiger partial charge in [-0.1, -0.05) is 19.8 Å². The Bertz CT molecular complexity index is 191. The fourth-order valence-corrected chi connectivity index (χ4v) is 1.63. The van der Waals surface area contributed by atoms with E-state index in [0.29, 0.717) is 6.04 Å². The quantitative estimate of drug-likeness (QED) is 0.623. The lowest BCUT2D eigenvalue weighted by molar-refractivity contribution is 0.413. The molecule has 0 bridgehead atoms. The molecule has 0 fully saturated rings. The molecule has 0 aliphatic rings. The van der Waals surface area contributed by atoms with E-state index in [4.69, 9.17) is 5.26 Å². The second-order valence-corrected chi connectivity index (χ2v) is 5.10. The highest BCUT2D eigenvalue weighted by Crippen LogP contribution is 2.21. The third kappa shape index (κ3) is 8.44. The van der Waals surface area contributed by atoms with E-state index >= 15 is 0 Å². The number of nitriles is 1. The van der Waals surface area contributed by atoms with E-state index in [1.54, 1.807) is 0 Å². The standard InChI is InChI=1S/C13H26N2/c1-5-8-12(2)15-10-7-6-9-13(3,4)11-14/h12,15H,5-10H2,1-4H3. The highest BCUT2D eigenvalue weighted by Gasteiger charge is 2.15. The largest absolute Gasteiger partial charge is 0.314 e. The Balaban J connectivity index is 3.37. The Hall–Kier alpha value is -0.550. The molecule has 1 N–H and O–H groups in total. The smallest absolute Gasteiger partial charge is 0.0683 e. The molecular formula is C13H26N2. The van der Waals surface area contributed by atoms with Crippen molar-refractivity contribution in [2.75, 3.05) is 6.54 Å². The van der Waals surface area contributed by atoms with Gasteiger partial charge in [-0.05, 0) is 46.6 Å². The van der Waals surface area contributed by atoms with Crippen molar-refractivity contribution in [2.45, 2.75) is 65.8 Å². The van der Waals surface area contributed by atoms with Crippen molar-refractivity contribution in [1.29, 1.82) is 5.26 Å². The summed E-state index contributed by atoms with van der Waals surface area (Å²) in [4.78, 5) is 0. The van der Waals surface area contributed by atoms with Gasteiger partial charge in [-0.25, -0.2) is 0 Å². The highest BCUT2D eigenvalue weighted by molar-refractivity contribution is 4.91. The van der Waals surface area contributed by atoms with Crippen molar-refractivity contribution in [3.8, 4) is 6.07 Å². The van der Waals surface area contributed by atoms with Gasteiger partial charge in [0, 0.05) is 6.04 Å². The van der Waals surface area contributed by atoms with Crippen molar-refractivity contribution >= 4 is 0 Å². The van der Waals surface area contributed by atoms with Crippen molar-refractivity contribution < 1.29 is 0 Å². The summed E-state index contributed by atoms with van der Waals surface area (Å²) in [5, 5.41) is 12.3. The molecule has 0 saturated carbocycles. The molecule has 0 heterocycles. The van der Waals surface area contributed by atoms with Crippen LogP contribution in [0.1, 0.15) is 59.8 Å². The highest BCUT2D eigenvalue weighted by atomic mass is 14.9. The molecule has 0 aromatic carbocycles. The number of nitrogens with one attached hydrogen (secondary N) is 1. The minimum absolute atomic E-state index is 0.144. The number of nitrogens with zero attached hydrogens (tertiary/aromatic N) is 1. The molecule has 0 saturated heterocycles. The van der Waals surface area contributed by atoms with E-state index in [2.05, 4.69) is 25.2 Å². The summed E-state index contributed by atoms with van der Waals surface area (Å²) < 4.78 is 0. The minimum Gasteiger partial charge on any atom is -0.314 e. The molecule has 88 valence electrons. The third-order valence-electron chi connectivity index (χ3n) is 2.75. The van der Waals surface area contributed by atoms with Crippen molar-refractivity contribution in [2.24, 2.45) is 5.41 Å². The molecule has 0 amide bonds. The molecule has 2 heteroatoms. The zero-order valence-electron chi connectivity index (χ0n) is 10.8. The number of unbranched alkanes of at least 4 members (excludes halogenated alkanes) is 1. The Labute approximate surface area is 95.1 Å². The van der Waals surface area contributed by atoms with Gasteiger partial charge in [0.1, 0.15) is 0 Å². The molecular weight excluding hydrogens is 184 g/mol. The van der Waals surface area contributed by atoms with Gasteiger partial charge in [0.2, 0.25) is 0 Å². The molecule has 0 radical (unpaired) electrons. The molecule has 0 aromatic rings. The second-order valence-electron chi connectivity index (χ2n) is 5.10. The summed E-state index contributed by atoms with van der Waals surface area (Å²) in [6.07, 6.45) is 5.83. The lowest BCUT2D eigenvalue weighted by atomic mass is 9.89. The van der Waals surface area contributed by atoms with Crippen LogP contribution >= 0.6 is 0 Å². The molecule has 1 atom stereocenters. The van der Waals surface area contributed by atoms with E-state index in [0.717, 1.165) is 19.4 Å². The maximum absolute atomic E-state index is 8.84. The number of hydrogen-bond donors (Lipinski definition) is 1. The summed E-state index contributed by atoms with van der Waals surface area (Å²) in [5.41, 5.74) is -0.144. The topological polar surface area (TPSA) is 35.8 Å². The second kappa shape index (κ2) is 7.70. The Morgan fingerprint density at radius 2 is 2.00 bits per heavy atom. The first-order valence-corrected chi connectivity index (χ1v) is 6.16. The molecule has 0 spiro atoms. The monoisotopic (exact) mass is 210 g/mol. The summed E-state index contributed by atoms with van der Waals surface area (Å²) >= 11 is 0. The van der Waals surface area contributed by atoms with Gasteiger partial charge in [0.25, 0.3) is 0 Å². The predicted molar refractivity (Wildman–Crippen MR) is 65.6 cm³/mol. The lowest BCUT2D eigenvalue weighted by Gasteiger charge is -2.16. The van der Waals surface area contributed by atoms with Crippen LogP contribution in [-0.2, 0) is 0 Å². The predicted octanol–water partition coefficient (Wildman–Crippen LogP) is 3.48. The van der Waals surface area contributed by atoms with Crippen molar-refractivity contribution in [3.05, 3.63) is 0 Å². The van der Waals surface area contributed by atoms with Crippen molar-refractivity contribution in [1.82, 2.24) is 5.32 Å². The molecule has 0 rings (SSSR count). The summed E-state index contributed by atoms with van der Waals surface area (Å²) in [5.74, 6) is 0. The minimum atomic E-state index is -0.144. The zero-order valence-corrected chi connectivity index (χ0v) is 10.8. The first-order chi connectivity index (χ1) is 7.02. The van der Waals surface area contributed by atoms with Gasteiger partial charge >= 0.3 is 0 Å². The van der Waals surface area contributed by atoms with E-state index in [1.807, 2.05) is 13.8 Å². The molecule has 0 aliphatic carbocycles. The van der Waals surface area contributed by atoms with E-state index in [1.165, 1.54) is 19.3 Å². The fraction of sp³-hybridized carbons (Fsp3) is 0.923. The SMILES string of the molecule is CCCC(C)NCCCCC(C)(C)C#N. The van der Waals surface area contributed by atoms with Crippen LogP contribution in [0.2, 0.25) is 0 Å². The van der Waals surface area contributed by atoms with Gasteiger partial charge in [0.05, 0.1) is 11.5 Å². The van der Waals surface area contributed by atoms with Gasteiger partial charge in [-0.15, -0.1) is 0 Å². The Morgan fingerprint density at radius 1 is 1.33 bits per heavy atom. The average Bonchev–Trinajstić information content (AvgIpc) is 2.17. The van der Waals surface area contributed by atoms with E-state index in [-0.39, 0.29) is 5.41 Å². The van der Waals surface area contributed by atoms with Crippen LogP contribution in [0.25, 0.3) is 0 Å². The summed E-state index contributed by atoms with van der Waals surface area (Å²) in [6, 6.07) is 2.98. The number of hydrogen-bond acceptors (Lipinski definition) is 2. The van der Waals surface area contributed by atoms with Crippen LogP contribution in [0, 0.1) is 16.7 Å². The van der Waals surface area contributed by atoms with Crippen LogP contribution < -0.4 is 5.32 Å².